The van der Waals surface area contributed by atoms with E-state index in [1.54, 1.807) is 0 Å². The molecule has 0 aromatic heterocycles. The highest BCUT2D eigenvalue weighted by atomic mass is 35.5. The average molecular weight is 293 g/mol. The van der Waals surface area contributed by atoms with Gasteiger partial charge in [0.2, 0.25) is 0 Å². The first kappa shape index (κ1) is 14.9. The summed E-state index contributed by atoms with van der Waals surface area (Å²) in [4.78, 5) is 0. The predicted molar refractivity (Wildman–Crippen MR) is 52.6 cm³/mol. The molecule has 0 aliphatic carbocycles. The minimum atomic E-state index is -4.95. The minimum absolute atomic E-state index is 0.280. The van der Waals surface area contributed by atoms with Gasteiger partial charge >= 0.3 is 12.4 Å². The van der Waals surface area contributed by atoms with Crippen LogP contribution in [0, 0.1) is 0 Å². The van der Waals surface area contributed by atoms with Crippen molar-refractivity contribution in [1.29, 1.82) is 0 Å². The Bertz CT molecular complexity index is 402. The summed E-state index contributed by atoms with van der Waals surface area (Å²) < 4.78 is 80.0. The van der Waals surface area contributed by atoms with E-state index in [9.17, 15) is 26.3 Å². The van der Waals surface area contributed by atoms with Crippen LogP contribution in [0.1, 0.15) is 16.7 Å². The first-order chi connectivity index (χ1) is 8.11. The van der Waals surface area contributed by atoms with Crippen LogP contribution in [-0.4, -0.2) is 7.11 Å². The summed E-state index contributed by atoms with van der Waals surface area (Å²) in [6.45, 7) is 0. The molecule has 0 unspecified atom stereocenters. The number of rotatable bonds is 2. The molecule has 0 aliphatic heterocycles. The molecule has 1 aromatic carbocycles. The molecule has 18 heavy (non-hydrogen) atoms. The van der Waals surface area contributed by atoms with E-state index in [2.05, 4.69) is 4.74 Å². The van der Waals surface area contributed by atoms with Gasteiger partial charge in [-0.25, -0.2) is 0 Å². The van der Waals surface area contributed by atoms with Crippen LogP contribution in [0.15, 0.2) is 12.1 Å². The van der Waals surface area contributed by atoms with Crippen molar-refractivity contribution in [1.82, 2.24) is 0 Å². The molecule has 1 nitrogen and oxygen atoms in total. The number of benzene rings is 1. The zero-order chi connectivity index (χ0) is 14.1. The number of hydrogen-bond donors (Lipinski definition) is 0. The third-order valence-corrected chi connectivity index (χ3v) is 2.43. The van der Waals surface area contributed by atoms with E-state index in [4.69, 9.17) is 11.6 Å². The lowest BCUT2D eigenvalue weighted by Crippen LogP contribution is -2.15. The summed E-state index contributed by atoms with van der Waals surface area (Å²) in [6, 6.07) is 1.09. The van der Waals surface area contributed by atoms with Gasteiger partial charge in [0.05, 0.1) is 18.2 Å². The molecule has 0 bridgehead atoms. The molecule has 0 amide bonds. The monoisotopic (exact) mass is 292 g/mol. The fourth-order valence-corrected chi connectivity index (χ4v) is 1.56. The standard InChI is InChI=1S/C10H7ClF6O/c1-18-8-6(9(12,13)14)2-5(4-11)3-7(8)10(15,16)17/h2-3H,4H2,1H3. The molecule has 0 saturated carbocycles. The van der Waals surface area contributed by atoms with Crippen molar-refractivity contribution < 1.29 is 31.1 Å². The largest absolute Gasteiger partial charge is 0.495 e. The maximum Gasteiger partial charge on any atom is 0.419 e. The lowest BCUT2D eigenvalue weighted by Gasteiger charge is -2.18. The Morgan fingerprint density at radius 1 is 1.00 bits per heavy atom. The van der Waals surface area contributed by atoms with Gasteiger partial charge in [0.15, 0.2) is 0 Å². The normalized spacial score (nSPS) is 12.7. The van der Waals surface area contributed by atoms with Crippen molar-refractivity contribution in [2.45, 2.75) is 18.2 Å². The Kier molecular flexibility index (Phi) is 4.05. The maximum atomic E-state index is 12.6. The molecule has 0 radical (unpaired) electrons. The zero-order valence-electron chi connectivity index (χ0n) is 8.92. The van der Waals surface area contributed by atoms with Gasteiger partial charge in [0, 0.05) is 5.88 Å². The summed E-state index contributed by atoms with van der Waals surface area (Å²) in [7, 11) is 0.750. The third kappa shape index (κ3) is 3.01. The van der Waals surface area contributed by atoms with Crippen molar-refractivity contribution in [3.8, 4) is 5.75 Å². The average Bonchev–Trinajstić information content (AvgIpc) is 2.24. The molecular formula is C10H7ClF6O. The predicted octanol–water partition coefficient (Wildman–Crippen LogP) is 4.47. The van der Waals surface area contributed by atoms with Gasteiger partial charge in [-0.05, 0) is 17.7 Å². The first-order valence-corrected chi connectivity index (χ1v) is 5.06. The van der Waals surface area contributed by atoms with E-state index < -0.39 is 35.1 Å². The Hall–Kier alpha value is -1.11. The second-order valence-electron chi connectivity index (χ2n) is 3.35. The summed E-state index contributed by atoms with van der Waals surface area (Å²) in [5.74, 6) is -1.71. The first-order valence-electron chi connectivity index (χ1n) is 4.52. The molecule has 1 aromatic rings. The molecular weight excluding hydrogens is 286 g/mol. The molecule has 0 heterocycles. The quantitative estimate of drug-likeness (QED) is 0.577. The molecule has 8 heteroatoms. The van der Waals surface area contributed by atoms with Gasteiger partial charge in [0.1, 0.15) is 5.75 Å². The fraction of sp³-hybridized carbons (Fsp3) is 0.400. The van der Waals surface area contributed by atoms with E-state index in [1.165, 1.54) is 0 Å². The molecule has 0 spiro atoms. The highest BCUT2D eigenvalue weighted by Crippen LogP contribution is 2.44. The van der Waals surface area contributed by atoms with Crippen LogP contribution in [0.3, 0.4) is 0 Å². The van der Waals surface area contributed by atoms with Crippen molar-refractivity contribution in [2.24, 2.45) is 0 Å². The van der Waals surface area contributed by atoms with Crippen molar-refractivity contribution >= 4 is 11.6 Å². The number of methoxy groups -OCH3 is 1. The van der Waals surface area contributed by atoms with Gasteiger partial charge in [-0.15, -0.1) is 11.6 Å². The molecule has 0 atom stereocenters. The van der Waals surface area contributed by atoms with Crippen molar-refractivity contribution in [2.75, 3.05) is 7.11 Å². The van der Waals surface area contributed by atoms with Crippen molar-refractivity contribution in [3.63, 3.8) is 0 Å². The van der Waals surface area contributed by atoms with Gasteiger partial charge in [-0.3, -0.25) is 0 Å². The highest BCUT2D eigenvalue weighted by molar-refractivity contribution is 6.17. The second-order valence-corrected chi connectivity index (χ2v) is 3.62. The summed E-state index contributed by atoms with van der Waals surface area (Å²) >= 11 is 5.29. The van der Waals surface area contributed by atoms with Crippen LogP contribution in [0.2, 0.25) is 0 Å². The number of ether oxygens (including phenoxy) is 1. The van der Waals surface area contributed by atoms with Gasteiger partial charge in [-0.1, -0.05) is 0 Å². The number of halogens is 7. The number of alkyl halides is 7. The molecule has 0 N–H and O–H groups in total. The lowest BCUT2D eigenvalue weighted by atomic mass is 10.0. The topological polar surface area (TPSA) is 9.23 Å². The maximum absolute atomic E-state index is 12.6. The Morgan fingerprint density at radius 2 is 1.39 bits per heavy atom. The number of hydrogen-bond acceptors (Lipinski definition) is 1. The molecule has 0 saturated heterocycles. The minimum Gasteiger partial charge on any atom is -0.495 e. The van der Waals surface area contributed by atoms with Crippen LogP contribution in [0.4, 0.5) is 26.3 Å². The van der Waals surface area contributed by atoms with E-state index in [0.29, 0.717) is 12.1 Å². The van der Waals surface area contributed by atoms with Crippen LogP contribution in [-0.2, 0) is 18.2 Å². The molecule has 0 fully saturated rings. The SMILES string of the molecule is COc1c(C(F)(F)F)cc(CCl)cc1C(F)(F)F. The zero-order valence-corrected chi connectivity index (χ0v) is 9.67. The van der Waals surface area contributed by atoms with Gasteiger partial charge in [-0.2, -0.15) is 26.3 Å². The summed E-state index contributed by atoms with van der Waals surface area (Å²) in [6.07, 6.45) is -9.90. The van der Waals surface area contributed by atoms with Crippen LogP contribution < -0.4 is 4.74 Å². The molecule has 1 rings (SSSR count). The third-order valence-electron chi connectivity index (χ3n) is 2.12. The van der Waals surface area contributed by atoms with Crippen molar-refractivity contribution in [3.05, 3.63) is 28.8 Å². The Labute approximate surface area is 103 Å². The van der Waals surface area contributed by atoms with E-state index in [-0.39, 0.29) is 5.56 Å². The van der Waals surface area contributed by atoms with Crippen LogP contribution in [0.25, 0.3) is 0 Å². The molecule has 0 aliphatic rings. The van der Waals surface area contributed by atoms with E-state index in [0.717, 1.165) is 7.11 Å². The second kappa shape index (κ2) is 4.87. The smallest absolute Gasteiger partial charge is 0.419 e. The van der Waals surface area contributed by atoms with E-state index in [1.807, 2.05) is 0 Å². The van der Waals surface area contributed by atoms with Crippen LogP contribution in [0.5, 0.6) is 5.75 Å². The van der Waals surface area contributed by atoms with Gasteiger partial charge in [0.25, 0.3) is 0 Å². The fourth-order valence-electron chi connectivity index (χ4n) is 1.41. The van der Waals surface area contributed by atoms with Crippen LogP contribution >= 0.6 is 11.6 Å². The summed E-state index contributed by atoms with van der Waals surface area (Å²) in [5, 5.41) is 0. The highest BCUT2D eigenvalue weighted by Gasteiger charge is 2.42. The Morgan fingerprint density at radius 3 is 1.61 bits per heavy atom. The summed E-state index contributed by atoms with van der Waals surface area (Å²) in [5.41, 5.74) is -3.26. The van der Waals surface area contributed by atoms with E-state index >= 15 is 0 Å². The molecule has 102 valence electrons. The lowest BCUT2D eigenvalue weighted by molar-refractivity contribution is -0.145. The van der Waals surface area contributed by atoms with Gasteiger partial charge < -0.3 is 4.74 Å². The Balaban J connectivity index is 3.61.